The molecule has 6 nitrogen and oxygen atoms in total. The lowest BCUT2D eigenvalue weighted by Crippen LogP contribution is -2.49. The number of hydrogen-bond donors (Lipinski definition) is 0. The van der Waals surface area contributed by atoms with E-state index in [1.165, 1.54) is 17.7 Å². The van der Waals surface area contributed by atoms with Gasteiger partial charge in [-0.15, -0.1) is 0 Å². The van der Waals surface area contributed by atoms with Gasteiger partial charge in [-0.3, -0.25) is 9.69 Å². The van der Waals surface area contributed by atoms with Crippen LogP contribution in [0.15, 0.2) is 53.0 Å². The minimum Gasteiger partial charge on any atom is -0.452 e. The first kappa shape index (κ1) is 19.6. The van der Waals surface area contributed by atoms with E-state index < -0.39 is 5.97 Å². The Bertz CT molecular complexity index is 795. The lowest BCUT2D eigenvalue weighted by Gasteiger charge is -2.34. The van der Waals surface area contributed by atoms with Crippen molar-refractivity contribution in [1.82, 2.24) is 9.80 Å². The summed E-state index contributed by atoms with van der Waals surface area (Å²) in [5.74, 6) is -0.154. The van der Waals surface area contributed by atoms with Crippen molar-refractivity contribution in [3.05, 3.63) is 63.6 Å². The van der Waals surface area contributed by atoms with E-state index in [1.807, 2.05) is 40.8 Å². The molecule has 142 valence electrons. The third-order valence-corrected chi connectivity index (χ3v) is 4.87. The second-order valence-electron chi connectivity index (χ2n) is 6.23. The van der Waals surface area contributed by atoms with Crippen LogP contribution in [0.1, 0.15) is 11.3 Å². The Balaban J connectivity index is 1.38. The van der Waals surface area contributed by atoms with Crippen LogP contribution in [-0.2, 0) is 20.9 Å². The summed E-state index contributed by atoms with van der Waals surface area (Å²) < 4.78 is 11.1. The molecular weight excluding hydrogens is 459 g/mol. The summed E-state index contributed by atoms with van der Waals surface area (Å²) in [7, 11) is 0. The molecular formula is C20H21IN2O4. The molecule has 0 radical (unpaired) electrons. The quantitative estimate of drug-likeness (QED) is 0.362. The molecule has 0 atom stereocenters. The first-order valence-electron chi connectivity index (χ1n) is 8.74. The predicted octanol–water partition coefficient (Wildman–Crippen LogP) is 2.79. The minimum atomic E-state index is -0.558. The lowest BCUT2D eigenvalue weighted by atomic mass is 10.2. The lowest BCUT2D eigenvalue weighted by molar-refractivity contribution is -0.149. The number of benzene rings is 1. The highest BCUT2D eigenvalue weighted by atomic mass is 127. The first-order valence-corrected chi connectivity index (χ1v) is 9.82. The van der Waals surface area contributed by atoms with Crippen LogP contribution in [0.25, 0.3) is 6.08 Å². The zero-order chi connectivity index (χ0) is 19.1. The van der Waals surface area contributed by atoms with Crippen LogP contribution >= 0.6 is 22.6 Å². The van der Waals surface area contributed by atoms with Crippen LogP contribution < -0.4 is 0 Å². The summed E-state index contributed by atoms with van der Waals surface area (Å²) in [4.78, 5) is 28.0. The largest absolute Gasteiger partial charge is 0.452 e. The molecule has 2 aromatic rings. The van der Waals surface area contributed by atoms with Crippen molar-refractivity contribution < 1.29 is 18.7 Å². The van der Waals surface area contributed by atoms with Gasteiger partial charge in [0.1, 0.15) is 5.76 Å². The third kappa shape index (κ3) is 6.21. The van der Waals surface area contributed by atoms with E-state index in [2.05, 4.69) is 17.0 Å². The van der Waals surface area contributed by atoms with Crippen molar-refractivity contribution in [2.45, 2.75) is 6.54 Å². The van der Waals surface area contributed by atoms with Crippen molar-refractivity contribution in [2.24, 2.45) is 0 Å². The Morgan fingerprint density at radius 2 is 1.81 bits per heavy atom. The van der Waals surface area contributed by atoms with E-state index >= 15 is 0 Å². The Kier molecular flexibility index (Phi) is 7.05. The maximum Gasteiger partial charge on any atom is 0.331 e. The van der Waals surface area contributed by atoms with Crippen molar-refractivity contribution in [1.29, 1.82) is 0 Å². The predicted molar refractivity (Wildman–Crippen MR) is 110 cm³/mol. The number of esters is 1. The molecule has 1 saturated heterocycles. The average molecular weight is 480 g/mol. The number of hydrogen-bond acceptors (Lipinski definition) is 5. The highest BCUT2D eigenvalue weighted by Gasteiger charge is 2.21. The molecule has 27 heavy (non-hydrogen) atoms. The molecule has 2 heterocycles. The second-order valence-corrected chi connectivity index (χ2v) is 7.29. The Morgan fingerprint density at radius 1 is 1.07 bits per heavy atom. The topological polar surface area (TPSA) is 63.0 Å². The second kappa shape index (κ2) is 9.70. The van der Waals surface area contributed by atoms with Gasteiger partial charge in [0.15, 0.2) is 10.4 Å². The minimum absolute atomic E-state index is 0.163. The Labute approximate surface area is 171 Å². The number of ether oxygens (including phenoxy) is 1. The van der Waals surface area contributed by atoms with Gasteiger partial charge in [0, 0.05) is 38.8 Å². The first-order chi connectivity index (χ1) is 13.1. The van der Waals surface area contributed by atoms with E-state index in [9.17, 15) is 9.59 Å². The molecule has 0 unspecified atom stereocenters. The number of furan rings is 1. The molecule has 0 N–H and O–H groups in total. The van der Waals surface area contributed by atoms with Gasteiger partial charge in [-0.05, 0) is 46.4 Å². The zero-order valence-corrected chi connectivity index (χ0v) is 17.0. The fraction of sp³-hybridized carbons (Fsp3) is 0.300. The fourth-order valence-corrected chi connectivity index (χ4v) is 3.27. The van der Waals surface area contributed by atoms with Crippen LogP contribution in [0, 0.1) is 3.77 Å². The molecule has 1 fully saturated rings. The van der Waals surface area contributed by atoms with Gasteiger partial charge in [-0.2, -0.15) is 0 Å². The highest BCUT2D eigenvalue weighted by Crippen LogP contribution is 2.11. The SMILES string of the molecule is O=C(/C=C/c1ccc(I)o1)OCC(=O)N1CCN(Cc2ccccc2)CC1. The molecule has 1 aliphatic heterocycles. The van der Waals surface area contributed by atoms with Crippen molar-refractivity contribution in [2.75, 3.05) is 32.8 Å². The summed E-state index contributed by atoms with van der Waals surface area (Å²) in [6.45, 7) is 3.55. The monoisotopic (exact) mass is 480 g/mol. The standard InChI is InChI=1S/C20H21IN2O4/c21-18-8-6-17(27-18)7-9-20(25)26-15-19(24)23-12-10-22(11-13-23)14-16-4-2-1-3-5-16/h1-9H,10-15H2/b9-7+. The van der Waals surface area contributed by atoms with Gasteiger partial charge in [0.05, 0.1) is 0 Å². The number of rotatable bonds is 6. The molecule has 0 bridgehead atoms. The van der Waals surface area contributed by atoms with Crippen molar-refractivity contribution in [3.63, 3.8) is 0 Å². The van der Waals surface area contributed by atoms with Crippen molar-refractivity contribution in [3.8, 4) is 0 Å². The van der Waals surface area contributed by atoms with Crippen LogP contribution in [0.5, 0.6) is 0 Å². The third-order valence-electron chi connectivity index (χ3n) is 4.29. The summed E-state index contributed by atoms with van der Waals surface area (Å²) in [5, 5.41) is 0. The van der Waals surface area contributed by atoms with E-state index in [0.29, 0.717) is 18.8 Å². The average Bonchev–Trinajstić information content (AvgIpc) is 3.11. The van der Waals surface area contributed by atoms with Gasteiger partial charge in [-0.25, -0.2) is 4.79 Å². The van der Waals surface area contributed by atoms with Crippen LogP contribution in [-0.4, -0.2) is 54.5 Å². The molecule has 0 saturated carbocycles. The van der Waals surface area contributed by atoms with Crippen LogP contribution in [0.4, 0.5) is 0 Å². The molecule has 1 aliphatic rings. The number of nitrogens with zero attached hydrogens (tertiary/aromatic N) is 2. The number of halogens is 1. The van der Waals surface area contributed by atoms with Gasteiger partial charge >= 0.3 is 5.97 Å². The molecule has 7 heteroatoms. The van der Waals surface area contributed by atoms with Gasteiger partial charge in [0.2, 0.25) is 0 Å². The van der Waals surface area contributed by atoms with Gasteiger partial charge < -0.3 is 14.1 Å². The molecule has 3 rings (SSSR count). The van der Waals surface area contributed by atoms with Gasteiger partial charge in [0.25, 0.3) is 5.91 Å². The summed E-state index contributed by atoms with van der Waals surface area (Å²) in [6, 6.07) is 13.8. The Hall–Kier alpha value is -2.13. The summed E-state index contributed by atoms with van der Waals surface area (Å²) in [5.41, 5.74) is 1.27. The number of piperazine rings is 1. The molecule has 0 spiro atoms. The zero-order valence-electron chi connectivity index (χ0n) is 14.8. The molecule has 1 amide bonds. The summed E-state index contributed by atoms with van der Waals surface area (Å²) in [6.07, 6.45) is 2.79. The normalized spacial score (nSPS) is 15.2. The molecule has 1 aromatic carbocycles. The van der Waals surface area contributed by atoms with E-state index in [0.717, 1.165) is 23.4 Å². The summed E-state index contributed by atoms with van der Waals surface area (Å²) >= 11 is 2.04. The van der Waals surface area contributed by atoms with Gasteiger partial charge in [-0.1, -0.05) is 30.3 Å². The van der Waals surface area contributed by atoms with E-state index in [4.69, 9.17) is 9.15 Å². The van der Waals surface area contributed by atoms with Crippen LogP contribution in [0.3, 0.4) is 0 Å². The smallest absolute Gasteiger partial charge is 0.331 e. The molecule has 1 aromatic heterocycles. The highest BCUT2D eigenvalue weighted by molar-refractivity contribution is 14.1. The fourth-order valence-electron chi connectivity index (χ4n) is 2.84. The van der Waals surface area contributed by atoms with Crippen LogP contribution in [0.2, 0.25) is 0 Å². The van der Waals surface area contributed by atoms with Crippen molar-refractivity contribution >= 4 is 40.5 Å². The maximum absolute atomic E-state index is 12.2. The number of carbonyl (C=O) groups is 2. The number of carbonyl (C=O) groups excluding carboxylic acids is 2. The Morgan fingerprint density at radius 3 is 2.48 bits per heavy atom. The number of amides is 1. The molecule has 0 aliphatic carbocycles. The van der Waals surface area contributed by atoms with E-state index in [1.54, 1.807) is 17.0 Å². The maximum atomic E-state index is 12.2. The van der Waals surface area contributed by atoms with E-state index in [-0.39, 0.29) is 12.5 Å².